The molecule has 0 bridgehead atoms. The average molecular weight is 194 g/mol. The van der Waals surface area contributed by atoms with Crippen molar-refractivity contribution in [2.45, 2.75) is 44.7 Å². The summed E-state index contributed by atoms with van der Waals surface area (Å²) in [7, 11) is 2.01. The quantitative estimate of drug-likeness (QED) is 0.682. The van der Waals surface area contributed by atoms with Gasteiger partial charge >= 0.3 is 0 Å². The third-order valence-electron chi connectivity index (χ3n) is 3.14. The van der Waals surface area contributed by atoms with Crippen LogP contribution in [0.15, 0.2) is 0 Å². The molecule has 2 nitrogen and oxygen atoms in total. The van der Waals surface area contributed by atoms with E-state index in [1.807, 2.05) is 7.05 Å². The number of terminal acetylenes is 1. The Balaban J connectivity index is 2.46. The highest BCUT2D eigenvalue weighted by Crippen LogP contribution is 2.21. The van der Waals surface area contributed by atoms with E-state index in [0.29, 0.717) is 12.1 Å². The van der Waals surface area contributed by atoms with Crippen LogP contribution in [0.3, 0.4) is 0 Å². The molecule has 2 heteroatoms. The minimum absolute atomic E-state index is 0.303. The fourth-order valence-corrected chi connectivity index (χ4v) is 2.25. The number of hydrogen-bond acceptors (Lipinski definition) is 2. The Kier molecular flexibility index (Phi) is 5.00. The van der Waals surface area contributed by atoms with E-state index in [2.05, 4.69) is 23.1 Å². The molecule has 1 rings (SSSR count). The van der Waals surface area contributed by atoms with Crippen molar-refractivity contribution < 1.29 is 0 Å². The first kappa shape index (κ1) is 11.6. The summed E-state index contributed by atoms with van der Waals surface area (Å²) in [5.41, 5.74) is 0. The van der Waals surface area contributed by atoms with Crippen molar-refractivity contribution in [3.05, 3.63) is 0 Å². The Labute approximate surface area is 88.1 Å². The van der Waals surface area contributed by atoms with Gasteiger partial charge in [-0.1, -0.05) is 12.3 Å². The summed E-state index contributed by atoms with van der Waals surface area (Å²) >= 11 is 0. The third kappa shape index (κ3) is 3.01. The maximum absolute atomic E-state index is 5.49. The lowest BCUT2D eigenvalue weighted by molar-refractivity contribution is 0.122. The Morgan fingerprint density at radius 3 is 3.00 bits per heavy atom. The van der Waals surface area contributed by atoms with Crippen LogP contribution >= 0.6 is 0 Å². The third-order valence-corrected chi connectivity index (χ3v) is 3.14. The molecule has 1 aliphatic heterocycles. The molecule has 0 saturated carbocycles. The van der Waals surface area contributed by atoms with Gasteiger partial charge in [-0.15, -0.1) is 6.42 Å². The normalized spacial score (nSPS) is 25.6. The lowest BCUT2D eigenvalue weighted by Gasteiger charge is -2.38. The van der Waals surface area contributed by atoms with Gasteiger partial charge in [-0.05, 0) is 46.3 Å². The van der Waals surface area contributed by atoms with Crippen LogP contribution in [-0.4, -0.2) is 37.1 Å². The van der Waals surface area contributed by atoms with Crippen molar-refractivity contribution in [2.24, 2.45) is 0 Å². The first-order valence-electron chi connectivity index (χ1n) is 5.66. The van der Waals surface area contributed by atoms with Gasteiger partial charge in [0.15, 0.2) is 0 Å². The van der Waals surface area contributed by atoms with Crippen molar-refractivity contribution in [1.82, 2.24) is 10.2 Å². The van der Waals surface area contributed by atoms with Crippen LogP contribution in [0.4, 0.5) is 0 Å². The second-order valence-corrected chi connectivity index (χ2v) is 4.12. The molecule has 0 aromatic rings. The van der Waals surface area contributed by atoms with E-state index in [1.54, 1.807) is 0 Å². The molecule has 1 fully saturated rings. The fourth-order valence-electron chi connectivity index (χ4n) is 2.25. The molecule has 0 aromatic heterocycles. The van der Waals surface area contributed by atoms with E-state index in [4.69, 9.17) is 6.42 Å². The molecule has 0 aliphatic carbocycles. The van der Waals surface area contributed by atoms with Gasteiger partial charge < -0.3 is 5.32 Å². The van der Waals surface area contributed by atoms with Crippen LogP contribution < -0.4 is 5.32 Å². The van der Waals surface area contributed by atoms with Gasteiger partial charge in [0.2, 0.25) is 0 Å². The molecule has 2 atom stereocenters. The molecule has 0 amide bonds. The summed E-state index contributed by atoms with van der Waals surface area (Å²) in [6.45, 7) is 4.41. The number of nitrogens with one attached hydrogen (secondary N) is 1. The lowest BCUT2D eigenvalue weighted by Crippen LogP contribution is -2.45. The smallest absolute Gasteiger partial charge is 0.0685 e. The van der Waals surface area contributed by atoms with Gasteiger partial charge in [0, 0.05) is 6.04 Å². The van der Waals surface area contributed by atoms with Gasteiger partial charge in [0.05, 0.1) is 6.04 Å². The number of piperidine rings is 1. The van der Waals surface area contributed by atoms with Crippen molar-refractivity contribution in [2.75, 3.05) is 20.1 Å². The topological polar surface area (TPSA) is 15.3 Å². The van der Waals surface area contributed by atoms with Gasteiger partial charge in [0.1, 0.15) is 0 Å². The highest BCUT2D eigenvalue weighted by atomic mass is 15.2. The molecule has 1 aliphatic rings. The Morgan fingerprint density at radius 2 is 2.36 bits per heavy atom. The number of likely N-dealkylation sites (tertiary alicyclic amines) is 1. The largest absolute Gasteiger partial charge is 0.320 e. The SMILES string of the molecule is C#CC(C)N1CCCCC1CCNC. The molecular weight excluding hydrogens is 172 g/mol. The summed E-state index contributed by atoms with van der Waals surface area (Å²) < 4.78 is 0. The molecule has 0 spiro atoms. The minimum Gasteiger partial charge on any atom is -0.320 e. The molecule has 2 unspecified atom stereocenters. The molecule has 14 heavy (non-hydrogen) atoms. The highest BCUT2D eigenvalue weighted by Gasteiger charge is 2.24. The Morgan fingerprint density at radius 1 is 1.57 bits per heavy atom. The minimum atomic E-state index is 0.303. The first-order valence-corrected chi connectivity index (χ1v) is 5.66. The Bertz CT molecular complexity index is 195. The molecule has 0 radical (unpaired) electrons. The lowest BCUT2D eigenvalue weighted by atomic mass is 9.97. The highest BCUT2D eigenvalue weighted by molar-refractivity contribution is 4.99. The predicted molar refractivity (Wildman–Crippen MR) is 61.2 cm³/mol. The standard InChI is InChI=1S/C12H22N2/c1-4-11(2)14-10-6-5-7-12(14)8-9-13-3/h1,11-13H,5-10H2,2-3H3. The van der Waals surface area contributed by atoms with Crippen LogP contribution in [-0.2, 0) is 0 Å². The van der Waals surface area contributed by atoms with E-state index in [0.717, 1.165) is 6.54 Å². The zero-order valence-corrected chi connectivity index (χ0v) is 9.42. The van der Waals surface area contributed by atoms with Gasteiger partial charge in [-0.3, -0.25) is 4.90 Å². The summed E-state index contributed by atoms with van der Waals surface area (Å²) in [6.07, 6.45) is 10.7. The van der Waals surface area contributed by atoms with Gasteiger partial charge in [0.25, 0.3) is 0 Å². The summed E-state index contributed by atoms with van der Waals surface area (Å²) in [5, 5.41) is 3.21. The monoisotopic (exact) mass is 194 g/mol. The van der Waals surface area contributed by atoms with Crippen LogP contribution in [0, 0.1) is 12.3 Å². The summed E-state index contributed by atoms with van der Waals surface area (Å²) in [4.78, 5) is 2.49. The van der Waals surface area contributed by atoms with Crippen molar-refractivity contribution >= 4 is 0 Å². The second-order valence-electron chi connectivity index (χ2n) is 4.12. The van der Waals surface area contributed by atoms with E-state index < -0.39 is 0 Å². The van der Waals surface area contributed by atoms with Crippen LogP contribution in [0.5, 0.6) is 0 Å². The van der Waals surface area contributed by atoms with Crippen molar-refractivity contribution in [3.63, 3.8) is 0 Å². The fraction of sp³-hybridized carbons (Fsp3) is 0.833. The summed E-state index contributed by atoms with van der Waals surface area (Å²) in [6, 6.07) is 0.999. The molecular formula is C12H22N2. The van der Waals surface area contributed by atoms with Crippen molar-refractivity contribution in [3.8, 4) is 12.3 Å². The van der Waals surface area contributed by atoms with E-state index in [-0.39, 0.29) is 0 Å². The Hall–Kier alpha value is -0.520. The van der Waals surface area contributed by atoms with Crippen molar-refractivity contribution in [1.29, 1.82) is 0 Å². The predicted octanol–water partition coefficient (Wildman–Crippen LogP) is 1.47. The molecule has 1 saturated heterocycles. The zero-order chi connectivity index (χ0) is 10.4. The van der Waals surface area contributed by atoms with Gasteiger partial charge in [-0.25, -0.2) is 0 Å². The molecule has 80 valence electrons. The second kappa shape index (κ2) is 6.06. The molecule has 1 N–H and O–H groups in total. The van der Waals surface area contributed by atoms with Gasteiger partial charge in [-0.2, -0.15) is 0 Å². The first-order chi connectivity index (χ1) is 6.79. The molecule has 0 aromatic carbocycles. The number of hydrogen-bond donors (Lipinski definition) is 1. The maximum Gasteiger partial charge on any atom is 0.0685 e. The van der Waals surface area contributed by atoms with E-state index >= 15 is 0 Å². The van der Waals surface area contributed by atoms with Crippen LogP contribution in [0.25, 0.3) is 0 Å². The number of nitrogens with zero attached hydrogens (tertiary/aromatic N) is 1. The van der Waals surface area contributed by atoms with E-state index in [1.165, 1.54) is 32.2 Å². The van der Waals surface area contributed by atoms with Crippen LogP contribution in [0.2, 0.25) is 0 Å². The summed E-state index contributed by atoms with van der Waals surface area (Å²) in [5.74, 6) is 2.85. The molecule has 1 heterocycles. The average Bonchev–Trinajstić information content (AvgIpc) is 2.25. The maximum atomic E-state index is 5.49. The van der Waals surface area contributed by atoms with Crippen LogP contribution in [0.1, 0.15) is 32.6 Å². The number of rotatable bonds is 4. The zero-order valence-electron chi connectivity index (χ0n) is 9.42. The van der Waals surface area contributed by atoms with E-state index in [9.17, 15) is 0 Å².